The third-order valence-corrected chi connectivity index (χ3v) is 3.89. The Bertz CT molecular complexity index is 696. The predicted molar refractivity (Wildman–Crippen MR) is 94.3 cm³/mol. The van der Waals surface area contributed by atoms with Crippen LogP contribution in [0.3, 0.4) is 0 Å². The number of Topliss-reactive ketones (excluding diaryl/α,β-unsaturated/α-hetero) is 1. The van der Waals surface area contributed by atoms with Crippen LogP contribution in [0.5, 0.6) is 5.75 Å². The van der Waals surface area contributed by atoms with E-state index in [4.69, 9.17) is 4.74 Å². The van der Waals surface area contributed by atoms with Crippen LogP contribution >= 0.6 is 0 Å². The van der Waals surface area contributed by atoms with E-state index < -0.39 is 5.82 Å². The highest BCUT2D eigenvalue weighted by Gasteiger charge is 2.08. The summed E-state index contributed by atoms with van der Waals surface area (Å²) in [5, 5.41) is 2.61. The number of carbonyl (C=O) groups is 2. The van der Waals surface area contributed by atoms with Crippen molar-refractivity contribution in [3.63, 3.8) is 0 Å². The van der Waals surface area contributed by atoms with Crippen molar-refractivity contribution in [3.8, 4) is 5.75 Å². The Hall–Kier alpha value is -2.69. The van der Waals surface area contributed by atoms with Gasteiger partial charge in [-0.15, -0.1) is 0 Å². The number of rotatable bonds is 9. The number of amides is 1. The molecule has 0 radical (unpaired) electrons. The maximum atomic E-state index is 12.8. The van der Waals surface area contributed by atoms with E-state index in [1.54, 1.807) is 7.11 Å². The van der Waals surface area contributed by atoms with Crippen molar-refractivity contribution in [2.24, 2.45) is 0 Å². The number of carbonyl (C=O) groups excluding carboxylic acids is 2. The second-order valence-corrected chi connectivity index (χ2v) is 5.76. The van der Waals surface area contributed by atoms with Crippen LogP contribution in [0.1, 0.15) is 35.2 Å². The minimum absolute atomic E-state index is 0.0665. The largest absolute Gasteiger partial charge is 0.497 e. The third kappa shape index (κ3) is 6.37. The first-order valence-electron chi connectivity index (χ1n) is 8.27. The predicted octanol–water partition coefficient (Wildman–Crippen LogP) is 3.55. The molecule has 0 fully saturated rings. The first-order valence-corrected chi connectivity index (χ1v) is 8.27. The normalized spacial score (nSPS) is 10.3. The molecule has 25 heavy (non-hydrogen) atoms. The maximum Gasteiger partial charge on any atom is 0.220 e. The molecule has 0 heterocycles. The van der Waals surface area contributed by atoms with Crippen molar-refractivity contribution >= 4 is 11.7 Å². The van der Waals surface area contributed by atoms with E-state index in [1.165, 1.54) is 29.8 Å². The first-order chi connectivity index (χ1) is 12.1. The summed E-state index contributed by atoms with van der Waals surface area (Å²) in [6.07, 6.45) is 2.92. The topological polar surface area (TPSA) is 55.4 Å². The van der Waals surface area contributed by atoms with Gasteiger partial charge in [0.05, 0.1) is 13.7 Å². The average Bonchev–Trinajstić information content (AvgIpc) is 2.64. The van der Waals surface area contributed by atoms with Crippen LogP contribution in [-0.2, 0) is 11.2 Å². The van der Waals surface area contributed by atoms with E-state index >= 15 is 0 Å². The third-order valence-electron chi connectivity index (χ3n) is 3.89. The summed E-state index contributed by atoms with van der Waals surface area (Å²) in [5.41, 5.74) is 1.59. The van der Waals surface area contributed by atoms with Gasteiger partial charge in [0.2, 0.25) is 5.91 Å². The molecule has 1 amide bonds. The lowest BCUT2D eigenvalue weighted by molar-refractivity contribution is -0.121. The molecule has 2 aromatic rings. The lowest BCUT2D eigenvalue weighted by Gasteiger charge is -2.06. The smallest absolute Gasteiger partial charge is 0.220 e. The summed E-state index contributed by atoms with van der Waals surface area (Å²) in [6.45, 7) is -0.0665. The SMILES string of the molecule is COc1ccc(CCCCC(=O)NCC(=O)c2ccc(F)cc2)cc1. The number of hydrogen-bond acceptors (Lipinski definition) is 3. The number of ether oxygens (including phenoxy) is 1. The number of hydrogen-bond donors (Lipinski definition) is 1. The lowest BCUT2D eigenvalue weighted by Crippen LogP contribution is -2.29. The van der Waals surface area contributed by atoms with Crippen molar-refractivity contribution in [2.45, 2.75) is 25.7 Å². The number of unbranched alkanes of at least 4 members (excludes halogenated alkanes) is 1. The van der Waals surface area contributed by atoms with Gasteiger partial charge < -0.3 is 10.1 Å². The molecule has 0 aliphatic rings. The first kappa shape index (κ1) is 18.6. The van der Waals surface area contributed by atoms with Crippen molar-refractivity contribution in [1.82, 2.24) is 5.32 Å². The zero-order valence-corrected chi connectivity index (χ0v) is 14.3. The van der Waals surface area contributed by atoms with Crippen LogP contribution < -0.4 is 10.1 Å². The van der Waals surface area contributed by atoms with Gasteiger partial charge in [0.1, 0.15) is 11.6 Å². The number of nitrogens with one attached hydrogen (secondary N) is 1. The van der Waals surface area contributed by atoms with Crippen LogP contribution in [0.4, 0.5) is 4.39 Å². The molecule has 0 aliphatic carbocycles. The number of benzene rings is 2. The van der Waals surface area contributed by atoms with E-state index in [9.17, 15) is 14.0 Å². The van der Waals surface area contributed by atoms with Crippen LogP contribution in [-0.4, -0.2) is 25.3 Å². The minimum Gasteiger partial charge on any atom is -0.497 e. The van der Waals surface area contributed by atoms with Crippen molar-refractivity contribution in [1.29, 1.82) is 0 Å². The van der Waals surface area contributed by atoms with Gasteiger partial charge in [-0.3, -0.25) is 9.59 Å². The molecule has 5 heteroatoms. The summed E-state index contributed by atoms with van der Waals surface area (Å²) in [5.74, 6) is 0.0585. The second kappa shape index (κ2) is 9.57. The molecule has 2 rings (SSSR count). The molecule has 2 aromatic carbocycles. The molecule has 0 spiro atoms. The Balaban J connectivity index is 1.63. The summed E-state index contributed by atoms with van der Waals surface area (Å²) in [4.78, 5) is 23.7. The number of halogens is 1. The molecule has 0 aliphatic heterocycles. The fourth-order valence-corrected chi connectivity index (χ4v) is 2.41. The number of ketones is 1. The molecule has 132 valence electrons. The summed E-state index contributed by atoms with van der Waals surface area (Å²) in [7, 11) is 1.63. The highest BCUT2D eigenvalue weighted by Crippen LogP contribution is 2.13. The molecule has 0 saturated heterocycles. The Morgan fingerprint density at radius 1 is 1.00 bits per heavy atom. The van der Waals surface area contributed by atoms with Gasteiger partial charge in [0.25, 0.3) is 0 Å². The zero-order valence-electron chi connectivity index (χ0n) is 14.3. The molecule has 0 unspecified atom stereocenters. The Labute approximate surface area is 147 Å². The van der Waals surface area contributed by atoms with Crippen LogP contribution in [0.2, 0.25) is 0 Å². The van der Waals surface area contributed by atoms with E-state index in [0.29, 0.717) is 12.0 Å². The van der Waals surface area contributed by atoms with Gasteiger partial charge in [-0.05, 0) is 61.2 Å². The number of methoxy groups -OCH3 is 1. The van der Waals surface area contributed by atoms with Gasteiger partial charge >= 0.3 is 0 Å². The van der Waals surface area contributed by atoms with Gasteiger partial charge in [-0.25, -0.2) is 4.39 Å². The quantitative estimate of drug-likeness (QED) is 0.560. The van der Waals surface area contributed by atoms with Crippen molar-refractivity contribution < 1.29 is 18.7 Å². The Morgan fingerprint density at radius 3 is 2.32 bits per heavy atom. The summed E-state index contributed by atoms with van der Waals surface area (Å²) >= 11 is 0. The summed E-state index contributed by atoms with van der Waals surface area (Å²) in [6, 6.07) is 13.2. The van der Waals surface area contributed by atoms with Crippen molar-refractivity contribution in [3.05, 3.63) is 65.5 Å². The van der Waals surface area contributed by atoms with Crippen LogP contribution in [0.25, 0.3) is 0 Å². The average molecular weight is 343 g/mol. The van der Waals surface area contributed by atoms with Gasteiger partial charge in [0, 0.05) is 12.0 Å². The monoisotopic (exact) mass is 343 g/mol. The Kier molecular flexibility index (Phi) is 7.14. The molecule has 0 atom stereocenters. The van der Waals surface area contributed by atoms with Gasteiger partial charge in [0.15, 0.2) is 5.78 Å². The lowest BCUT2D eigenvalue weighted by atomic mass is 10.1. The highest BCUT2D eigenvalue weighted by molar-refractivity contribution is 5.99. The standard InChI is InChI=1S/C20H22FNO3/c1-25-18-12-6-15(7-13-18)4-2-3-5-20(24)22-14-19(23)16-8-10-17(21)11-9-16/h6-13H,2-5,14H2,1H3,(H,22,24). The van der Waals surface area contributed by atoms with E-state index in [0.717, 1.165) is 25.0 Å². The molecule has 4 nitrogen and oxygen atoms in total. The van der Waals surface area contributed by atoms with Crippen LogP contribution in [0.15, 0.2) is 48.5 Å². The van der Waals surface area contributed by atoms with Crippen LogP contribution in [0, 0.1) is 5.82 Å². The minimum atomic E-state index is -0.391. The molecule has 0 bridgehead atoms. The van der Waals surface area contributed by atoms with Crippen molar-refractivity contribution in [2.75, 3.05) is 13.7 Å². The van der Waals surface area contributed by atoms with E-state index in [2.05, 4.69) is 5.32 Å². The molecule has 1 N–H and O–H groups in total. The Morgan fingerprint density at radius 2 is 1.68 bits per heavy atom. The van der Waals surface area contributed by atoms with E-state index in [-0.39, 0.29) is 18.2 Å². The van der Waals surface area contributed by atoms with E-state index in [1.807, 2.05) is 24.3 Å². The molecule has 0 aromatic heterocycles. The fraction of sp³-hybridized carbons (Fsp3) is 0.300. The number of aryl methyl sites for hydroxylation is 1. The molecular formula is C20H22FNO3. The zero-order chi connectivity index (χ0) is 18.1. The molecule has 0 saturated carbocycles. The van der Waals surface area contributed by atoms with Gasteiger partial charge in [-0.1, -0.05) is 12.1 Å². The highest BCUT2D eigenvalue weighted by atomic mass is 19.1. The van der Waals surface area contributed by atoms with Gasteiger partial charge in [-0.2, -0.15) is 0 Å². The summed E-state index contributed by atoms with van der Waals surface area (Å²) < 4.78 is 17.9. The second-order valence-electron chi connectivity index (χ2n) is 5.76. The maximum absolute atomic E-state index is 12.8. The fourth-order valence-electron chi connectivity index (χ4n) is 2.41. The molecular weight excluding hydrogens is 321 g/mol.